The Hall–Kier alpha value is -4.51. The van der Waals surface area contributed by atoms with Crippen LogP contribution in [0.2, 0.25) is 5.02 Å². The van der Waals surface area contributed by atoms with E-state index in [0.29, 0.717) is 58.7 Å². The fourth-order valence-corrected chi connectivity index (χ4v) is 4.92. The predicted octanol–water partition coefficient (Wildman–Crippen LogP) is 5.58. The number of nitriles is 2. The summed E-state index contributed by atoms with van der Waals surface area (Å²) >= 11 is 6.56. The number of benzene rings is 2. The van der Waals surface area contributed by atoms with Gasteiger partial charge in [0.05, 0.1) is 46.6 Å². The largest absolute Gasteiger partial charge is 0.492 e. The molecule has 1 aromatic heterocycles. The topological polar surface area (TPSA) is 135 Å². The van der Waals surface area contributed by atoms with E-state index < -0.39 is 5.92 Å². The van der Waals surface area contributed by atoms with Crippen LogP contribution in [-0.2, 0) is 11.4 Å². The van der Waals surface area contributed by atoms with Crippen LogP contribution in [-0.4, -0.2) is 49.6 Å². The van der Waals surface area contributed by atoms with Gasteiger partial charge in [0.1, 0.15) is 24.2 Å². The zero-order valence-corrected chi connectivity index (χ0v) is 24.7. The van der Waals surface area contributed by atoms with Gasteiger partial charge in [0.2, 0.25) is 5.91 Å². The molecule has 218 valence electrons. The summed E-state index contributed by atoms with van der Waals surface area (Å²) in [6.45, 7) is 3.67. The Morgan fingerprint density at radius 1 is 1.19 bits per heavy atom. The molecule has 1 aliphatic rings. The maximum Gasteiger partial charge on any atom is 0.224 e. The summed E-state index contributed by atoms with van der Waals surface area (Å²) in [5, 5.41) is 29.4. The van der Waals surface area contributed by atoms with Crippen molar-refractivity contribution in [3.63, 3.8) is 0 Å². The highest BCUT2D eigenvalue weighted by Crippen LogP contribution is 2.42. The molecule has 2 unspecified atom stereocenters. The maximum atomic E-state index is 12.7. The molecular weight excluding hydrogens is 554 g/mol. The molecule has 3 aromatic rings. The molecule has 1 amide bonds. The standard InChI is InChI=1S/C31H34ClN7O3/c1-4-41-29-15-25-23(14-26(29)38-30(40)8-6-12-39(2)3)31(21(17-34)18-36-25)37-22-9-10-28(24(32)13-22)42-19-27-20(16-33)7-5-11-35-27/h5,7,9-11,13-15,21,31,36-37H,4,6,8,12,18-19H2,1-3H3,(H,38,40). The second-order valence-corrected chi connectivity index (χ2v) is 10.5. The summed E-state index contributed by atoms with van der Waals surface area (Å²) < 4.78 is 11.7. The van der Waals surface area contributed by atoms with E-state index in [9.17, 15) is 15.3 Å². The van der Waals surface area contributed by atoms with Crippen LogP contribution in [0, 0.1) is 28.6 Å². The number of nitrogens with one attached hydrogen (secondary N) is 3. The monoisotopic (exact) mass is 587 g/mol. The highest BCUT2D eigenvalue weighted by Gasteiger charge is 2.31. The van der Waals surface area contributed by atoms with Gasteiger partial charge in [-0.2, -0.15) is 10.5 Å². The molecule has 42 heavy (non-hydrogen) atoms. The highest BCUT2D eigenvalue weighted by molar-refractivity contribution is 6.32. The Bertz CT molecular complexity index is 1500. The number of rotatable bonds is 12. The number of nitrogens with zero attached hydrogens (tertiary/aromatic N) is 4. The summed E-state index contributed by atoms with van der Waals surface area (Å²) in [6, 6.07) is 16.5. The predicted molar refractivity (Wildman–Crippen MR) is 163 cm³/mol. The normalized spacial score (nSPS) is 15.5. The van der Waals surface area contributed by atoms with E-state index in [1.165, 1.54) is 0 Å². The fourth-order valence-electron chi connectivity index (χ4n) is 4.69. The Morgan fingerprint density at radius 3 is 2.74 bits per heavy atom. The van der Waals surface area contributed by atoms with Crippen LogP contribution in [0.3, 0.4) is 0 Å². The number of amides is 1. The van der Waals surface area contributed by atoms with E-state index in [-0.39, 0.29) is 18.6 Å². The first-order chi connectivity index (χ1) is 20.3. The van der Waals surface area contributed by atoms with Gasteiger partial charge in [-0.3, -0.25) is 9.78 Å². The maximum absolute atomic E-state index is 12.7. The lowest BCUT2D eigenvalue weighted by atomic mass is 9.88. The number of pyridine rings is 1. The summed E-state index contributed by atoms with van der Waals surface area (Å²) in [5.74, 6) is 0.510. The first-order valence-electron chi connectivity index (χ1n) is 13.7. The summed E-state index contributed by atoms with van der Waals surface area (Å²) in [4.78, 5) is 19.0. The lowest BCUT2D eigenvalue weighted by Crippen LogP contribution is -2.31. The number of fused-ring (bicyclic) bond motifs is 1. The minimum absolute atomic E-state index is 0.0974. The van der Waals surface area contributed by atoms with Crippen molar-refractivity contribution in [2.24, 2.45) is 5.92 Å². The van der Waals surface area contributed by atoms with Gasteiger partial charge in [-0.15, -0.1) is 0 Å². The van der Waals surface area contributed by atoms with Crippen LogP contribution < -0.4 is 25.4 Å². The van der Waals surface area contributed by atoms with Gasteiger partial charge in [0.25, 0.3) is 0 Å². The summed E-state index contributed by atoms with van der Waals surface area (Å²) in [7, 11) is 3.95. The van der Waals surface area contributed by atoms with Crippen molar-refractivity contribution >= 4 is 34.6 Å². The minimum atomic E-state index is -0.401. The number of ether oxygens (including phenoxy) is 2. The molecule has 10 nitrogen and oxygen atoms in total. The summed E-state index contributed by atoms with van der Waals surface area (Å²) in [6.07, 6.45) is 2.72. The van der Waals surface area contributed by atoms with E-state index in [1.54, 1.807) is 30.5 Å². The lowest BCUT2D eigenvalue weighted by molar-refractivity contribution is -0.116. The van der Waals surface area contributed by atoms with Crippen molar-refractivity contribution in [2.45, 2.75) is 32.4 Å². The number of carbonyl (C=O) groups excluding carboxylic acids is 1. The number of hydrogen-bond acceptors (Lipinski definition) is 9. The Labute approximate surface area is 251 Å². The van der Waals surface area contributed by atoms with E-state index in [4.69, 9.17) is 21.1 Å². The van der Waals surface area contributed by atoms with Crippen molar-refractivity contribution in [1.82, 2.24) is 9.88 Å². The van der Waals surface area contributed by atoms with Crippen LogP contribution in [0.15, 0.2) is 48.7 Å². The third-order valence-electron chi connectivity index (χ3n) is 6.78. The highest BCUT2D eigenvalue weighted by atomic mass is 35.5. The SMILES string of the molecule is CCOc1cc2c(cc1NC(=O)CCCN(C)C)C(Nc1ccc(OCc3ncccc3C#N)c(Cl)c1)C(C#N)CN2. The van der Waals surface area contributed by atoms with Crippen LogP contribution >= 0.6 is 11.6 Å². The molecule has 1 aliphatic heterocycles. The molecule has 0 fully saturated rings. The van der Waals surface area contributed by atoms with E-state index in [2.05, 4.69) is 33.1 Å². The molecular formula is C31H34ClN7O3. The van der Waals surface area contributed by atoms with E-state index in [0.717, 1.165) is 24.2 Å². The Kier molecular flexibility index (Phi) is 10.4. The third-order valence-corrected chi connectivity index (χ3v) is 7.07. The van der Waals surface area contributed by atoms with Crippen molar-refractivity contribution in [2.75, 3.05) is 49.7 Å². The number of hydrogen-bond donors (Lipinski definition) is 3. The van der Waals surface area contributed by atoms with Gasteiger partial charge in [0, 0.05) is 42.2 Å². The van der Waals surface area contributed by atoms with Crippen LogP contribution in [0.25, 0.3) is 0 Å². The first kappa shape index (κ1) is 30.4. The minimum Gasteiger partial charge on any atom is -0.492 e. The average molecular weight is 588 g/mol. The second kappa shape index (κ2) is 14.4. The van der Waals surface area contributed by atoms with Gasteiger partial charge >= 0.3 is 0 Å². The molecule has 0 bridgehead atoms. The lowest BCUT2D eigenvalue weighted by Gasteiger charge is -2.33. The molecule has 0 saturated carbocycles. The van der Waals surface area contributed by atoms with Crippen LogP contribution in [0.5, 0.6) is 11.5 Å². The number of anilines is 3. The zero-order chi connectivity index (χ0) is 30.1. The summed E-state index contributed by atoms with van der Waals surface area (Å²) in [5.41, 5.74) is 3.87. The van der Waals surface area contributed by atoms with Gasteiger partial charge < -0.3 is 30.3 Å². The third kappa shape index (κ3) is 7.61. The van der Waals surface area contributed by atoms with Gasteiger partial charge in [-0.1, -0.05) is 11.6 Å². The Balaban J connectivity index is 1.55. The molecule has 0 radical (unpaired) electrons. The smallest absolute Gasteiger partial charge is 0.224 e. The average Bonchev–Trinajstić information content (AvgIpc) is 2.97. The number of aromatic nitrogens is 1. The van der Waals surface area contributed by atoms with Gasteiger partial charge in [-0.05, 0) is 70.4 Å². The second-order valence-electron chi connectivity index (χ2n) is 10.1. The fraction of sp³-hybridized carbons (Fsp3) is 0.355. The molecule has 3 N–H and O–H groups in total. The van der Waals surface area contributed by atoms with Crippen molar-refractivity contribution < 1.29 is 14.3 Å². The van der Waals surface area contributed by atoms with Crippen LogP contribution in [0.1, 0.15) is 42.6 Å². The van der Waals surface area contributed by atoms with E-state index >= 15 is 0 Å². The molecule has 2 aromatic carbocycles. The molecule has 0 saturated heterocycles. The quantitative estimate of drug-likeness (QED) is 0.248. The molecule has 4 rings (SSSR count). The van der Waals surface area contributed by atoms with Crippen molar-refractivity contribution in [1.29, 1.82) is 10.5 Å². The van der Waals surface area contributed by atoms with Crippen molar-refractivity contribution in [3.05, 3.63) is 70.5 Å². The molecule has 2 heterocycles. The molecule has 2 atom stereocenters. The van der Waals surface area contributed by atoms with Gasteiger partial charge in [-0.25, -0.2) is 0 Å². The Morgan fingerprint density at radius 2 is 2.02 bits per heavy atom. The number of carbonyl (C=O) groups is 1. The molecule has 0 spiro atoms. The molecule has 11 heteroatoms. The molecule has 0 aliphatic carbocycles. The van der Waals surface area contributed by atoms with Crippen LogP contribution in [0.4, 0.5) is 17.1 Å². The van der Waals surface area contributed by atoms with Crippen molar-refractivity contribution in [3.8, 4) is 23.6 Å². The zero-order valence-electron chi connectivity index (χ0n) is 23.9. The number of halogens is 1. The van der Waals surface area contributed by atoms with Gasteiger partial charge in [0.15, 0.2) is 0 Å². The first-order valence-corrected chi connectivity index (χ1v) is 14.1. The van der Waals surface area contributed by atoms with E-state index in [1.807, 2.05) is 44.1 Å².